The zero-order valence-electron chi connectivity index (χ0n) is 12.8. The molecule has 0 saturated carbocycles. The van der Waals surface area contributed by atoms with Gasteiger partial charge in [0.2, 0.25) is 0 Å². The minimum atomic E-state index is -3.08. The van der Waals surface area contributed by atoms with Crippen LogP contribution < -0.4 is 9.47 Å². The summed E-state index contributed by atoms with van der Waals surface area (Å²) in [6.45, 7) is -2.91. The van der Waals surface area contributed by atoms with Crippen LogP contribution in [0.5, 0.6) is 11.5 Å². The molecule has 9 heteroatoms. The summed E-state index contributed by atoms with van der Waals surface area (Å²) in [6.07, 6.45) is 1.19. The zero-order chi connectivity index (χ0) is 18.1. The molecule has 1 rings (SSSR count). The molecule has 0 amide bonds. The molecule has 0 aliphatic heterocycles. The van der Waals surface area contributed by atoms with Crippen molar-refractivity contribution in [3.8, 4) is 17.6 Å². The molecule has 0 aromatic heterocycles. The van der Waals surface area contributed by atoms with Crippen molar-refractivity contribution in [2.45, 2.75) is 6.61 Å². The number of hydrogen-bond acceptors (Lipinski definition) is 6. The number of alkyl halides is 2. The molecular weight excluding hydrogens is 348 g/mol. The van der Waals surface area contributed by atoms with Gasteiger partial charge in [-0.3, -0.25) is 0 Å². The molecule has 0 unspecified atom stereocenters. The van der Waals surface area contributed by atoms with E-state index in [-0.39, 0.29) is 40.9 Å². The minimum Gasteiger partial charge on any atom is -0.493 e. The van der Waals surface area contributed by atoms with Gasteiger partial charge in [0, 0.05) is 7.11 Å². The maximum absolute atomic E-state index is 12.4. The van der Waals surface area contributed by atoms with Crippen molar-refractivity contribution in [1.29, 1.82) is 5.26 Å². The zero-order valence-corrected chi connectivity index (χ0v) is 13.6. The molecule has 6 nitrogen and oxygen atoms in total. The number of benzene rings is 1. The van der Waals surface area contributed by atoms with Crippen LogP contribution in [0.15, 0.2) is 17.7 Å². The second kappa shape index (κ2) is 9.70. The van der Waals surface area contributed by atoms with Gasteiger partial charge in [-0.2, -0.15) is 14.0 Å². The van der Waals surface area contributed by atoms with Gasteiger partial charge in [0.05, 0.1) is 18.7 Å². The molecule has 24 heavy (non-hydrogen) atoms. The first-order valence-electron chi connectivity index (χ1n) is 6.53. The van der Waals surface area contributed by atoms with E-state index in [9.17, 15) is 13.6 Å². The average Bonchev–Trinajstić information content (AvgIpc) is 2.54. The summed E-state index contributed by atoms with van der Waals surface area (Å²) in [6, 6.07) is 4.24. The molecule has 0 heterocycles. The topological polar surface area (TPSA) is 77.8 Å². The van der Waals surface area contributed by atoms with Crippen LogP contribution in [-0.2, 0) is 14.3 Å². The normalized spacial score (nSPS) is 11.1. The second-order valence-corrected chi connectivity index (χ2v) is 4.62. The van der Waals surface area contributed by atoms with Gasteiger partial charge in [-0.15, -0.1) is 0 Å². The van der Waals surface area contributed by atoms with Crippen molar-refractivity contribution in [3.63, 3.8) is 0 Å². The highest BCUT2D eigenvalue weighted by Gasteiger charge is 2.17. The first-order chi connectivity index (χ1) is 11.4. The molecule has 1 aromatic carbocycles. The summed E-state index contributed by atoms with van der Waals surface area (Å²) in [7, 11) is 2.67. The number of nitrogens with zero attached hydrogens (tertiary/aromatic N) is 1. The van der Waals surface area contributed by atoms with Crippen molar-refractivity contribution in [1.82, 2.24) is 0 Å². The van der Waals surface area contributed by atoms with Crippen molar-refractivity contribution in [3.05, 3.63) is 28.3 Å². The standard InChI is InChI=1S/C15H14ClF2NO5/c1-21-3-4-23-14(20)10(8-19)5-9-6-11(16)13(24-15(17)18)12(7-9)22-2/h5-7,15H,3-4H2,1-2H3/b10-5+. The van der Waals surface area contributed by atoms with E-state index >= 15 is 0 Å². The molecule has 0 radical (unpaired) electrons. The lowest BCUT2D eigenvalue weighted by molar-refractivity contribution is -0.139. The summed E-state index contributed by atoms with van der Waals surface area (Å²) < 4.78 is 43.5. The summed E-state index contributed by atoms with van der Waals surface area (Å²) in [4.78, 5) is 11.7. The van der Waals surface area contributed by atoms with Crippen LogP contribution in [0, 0.1) is 11.3 Å². The smallest absolute Gasteiger partial charge is 0.387 e. The largest absolute Gasteiger partial charge is 0.493 e. The Morgan fingerprint density at radius 3 is 2.62 bits per heavy atom. The Morgan fingerprint density at radius 2 is 2.08 bits per heavy atom. The van der Waals surface area contributed by atoms with Crippen molar-refractivity contribution in [2.75, 3.05) is 27.4 Å². The number of carbonyl (C=O) groups is 1. The quantitative estimate of drug-likeness (QED) is 0.306. The lowest BCUT2D eigenvalue weighted by Gasteiger charge is -2.12. The molecule has 0 aliphatic rings. The number of esters is 1. The third-order valence-electron chi connectivity index (χ3n) is 2.63. The average molecular weight is 362 g/mol. The molecule has 0 spiro atoms. The number of rotatable bonds is 8. The SMILES string of the molecule is COCCOC(=O)/C(C#N)=C/c1cc(Cl)c(OC(F)F)c(OC)c1. The number of carbonyl (C=O) groups excluding carboxylic acids is 1. The number of nitriles is 1. The van der Waals surface area contributed by atoms with Gasteiger partial charge in [0.25, 0.3) is 0 Å². The Balaban J connectivity index is 3.10. The number of ether oxygens (including phenoxy) is 4. The Labute approximate surface area is 142 Å². The van der Waals surface area contributed by atoms with E-state index in [1.165, 1.54) is 32.4 Å². The molecular formula is C15H14ClF2NO5. The van der Waals surface area contributed by atoms with Crippen LogP contribution >= 0.6 is 11.6 Å². The van der Waals surface area contributed by atoms with Crippen LogP contribution in [0.4, 0.5) is 8.78 Å². The predicted octanol–water partition coefficient (Wildman–Crippen LogP) is 3.05. The lowest BCUT2D eigenvalue weighted by Crippen LogP contribution is -2.11. The van der Waals surface area contributed by atoms with Crippen LogP contribution in [-0.4, -0.2) is 40.0 Å². The Morgan fingerprint density at radius 1 is 1.38 bits per heavy atom. The molecule has 0 fully saturated rings. The van der Waals surface area contributed by atoms with E-state index in [1.54, 1.807) is 6.07 Å². The fourth-order valence-electron chi connectivity index (χ4n) is 1.63. The first-order valence-corrected chi connectivity index (χ1v) is 6.91. The van der Waals surface area contributed by atoms with Gasteiger partial charge in [-0.25, -0.2) is 4.79 Å². The lowest BCUT2D eigenvalue weighted by atomic mass is 10.1. The van der Waals surface area contributed by atoms with Crippen LogP contribution in [0.1, 0.15) is 5.56 Å². The van der Waals surface area contributed by atoms with E-state index in [0.29, 0.717) is 0 Å². The summed E-state index contributed by atoms with van der Waals surface area (Å²) in [5, 5.41) is 8.88. The molecule has 130 valence electrons. The summed E-state index contributed by atoms with van der Waals surface area (Å²) in [5.74, 6) is -1.26. The second-order valence-electron chi connectivity index (χ2n) is 4.21. The van der Waals surface area contributed by atoms with Crippen LogP contribution in [0.2, 0.25) is 5.02 Å². The summed E-state index contributed by atoms with van der Waals surface area (Å²) >= 11 is 5.88. The Bertz CT molecular complexity index is 658. The highest BCUT2D eigenvalue weighted by Crippen LogP contribution is 2.38. The van der Waals surface area contributed by atoms with Crippen molar-refractivity contribution in [2.24, 2.45) is 0 Å². The summed E-state index contributed by atoms with van der Waals surface area (Å²) in [5.41, 5.74) is -0.0227. The van der Waals surface area contributed by atoms with Gasteiger partial charge in [0.15, 0.2) is 11.5 Å². The molecule has 0 saturated heterocycles. The van der Waals surface area contributed by atoms with Crippen LogP contribution in [0.3, 0.4) is 0 Å². The van der Waals surface area contributed by atoms with Crippen LogP contribution in [0.25, 0.3) is 6.08 Å². The van der Waals surface area contributed by atoms with E-state index in [2.05, 4.69) is 4.74 Å². The molecule has 0 bridgehead atoms. The van der Waals surface area contributed by atoms with Gasteiger partial charge < -0.3 is 18.9 Å². The van der Waals surface area contributed by atoms with E-state index < -0.39 is 12.6 Å². The Kier molecular flexibility index (Phi) is 7.95. The predicted molar refractivity (Wildman–Crippen MR) is 81.1 cm³/mol. The van der Waals surface area contributed by atoms with E-state index in [4.69, 9.17) is 31.1 Å². The number of halogens is 3. The monoisotopic (exact) mass is 361 g/mol. The highest BCUT2D eigenvalue weighted by molar-refractivity contribution is 6.32. The van der Waals surface area contributed by atoms with Gasteiger partial charge in [-0.05, 0) is 23.8 Å². The number of hydrogen-bond donors (Lipinski definition) is 0. The third kappa shape index (κ3) is 5.68. The Hall–Kier alpha value is -2.37. The van der Waals surface area contributed by atoms with Crippen molar-refractivity contribution >= 4 is 23.6 Å². The van der Waals surface area contributed by atoms with Gasteiger partial charge in [-0.1, -0.05) is 11.6 Å². The van der Waals surface area contributed by atoms with Crippen molar-refractivity contribution < 1.29 is 32.5 Å². The van der Waals surface area contributed by atoms with E-state index in [0.717, 1.165) is 0 Å². The van der Waals surface area contributed by atoms with E-state index in [1.807, 2.05) is 0 Å². The van der Waals surface area contributed by atoms with Gasteiger partial charge in [0.1, 0.15) is 18.2 Å². The fourth-order valence-corrected chi connectivity index (χ4v) is 1.89. The molecule has 0 aliphatic carbocycles. The molecule has 0 atom stereocenters. The molecule has 0 N–H and O–H groups in total. The third-order valence-corrected chi connectivity index (χ3v) is 2.91. The first kappa shape index (κ1) is 19.7. The molecule has 1 aromatic rings. The maximum Gasteiger partial charge on any atom is 0.387 e. The maximum atomic E-state index is 12.4. The fraction of sp³-hybridized carbons (Fsp3) is 0.333. The highest BCUT2D eigenvalue weighted by atomic mass is 35.5. The number of methoxy groups -OCH3 is 2. The van der Waals surface area contributed by atoms with Gasteiger partial charge >= 0.3 is 12.6 Å². The minimum absolute atomic E-state index is 0.0143.